The molecule has 6 heteroatoms. The molecule has 0 fully saturated rings. The zero-order valence-corrected chi connectivity index (χ0v) is 13.9. The molecule has 1 amide bonds. The second kappa shape index (κ2) is 7.79. The molecule has 0 aliphatic carbocycles. The van der Waals surface area contributed by atoms with Gasteiger partial charge in [-0.2, -0.15) is 0 Å². The van der Waals surface area contributed by atoms with Gasteiger partial charge >= 0.3 is 0 Å². The first kappa shape index (κ1) is 17.0. The quantitative estimate of drug-likeness (QED) is 0.714. The summed E-state index contributed by atoms with van der Waals surface area (Å²) in [6.45, 7) is 2.27. The molecule has 0 saturated heterocycles. The van der Waals surface area contributed by atoms with E-state index in [1.165, 1.54) is 12.1 Å². The Labute approximate surface area is 144 Å². The Hall–Kier alpha value is -2.89. The molecule has 2 aromatic heterocycles. The summed E-state index contributed by atoms with van der Waals surface area (Å²) in [5.41, 5.74) is 1.54. The van der Waals surface area contributed by atoms with Crippen LogP contribution in [0, 0.1) is 12.7 Å². The van der Waals surface area contributed by atoms with Crippen LogP contribution < -0.4 is 5.32 Å². The summed E-state index contributed by atoms with van der Waals surface area (Å²) < 4.78 is 23.6. The molecule has 5 nitrogen and oxygen atoms in total. The number of benzene rings is 1. The van der Waals surface area contributed by atoms with Gasteiger partial charge in [-0.25, -0.2) is 4.39 Å². The van der Waals surface area contributed by atoms with Crippen molar-refractivity contribution >= 4 is 5.91 Å². The summed E-state index contributed by atoms with van der Waals surface area (Å²) in [5, 5.41) is 6.81. The number of aromatic nitrogens is 1. The Bertz CT molecular complexity index is 810. The number of amides is 1. The SMILES string of the molecule is Cc1cc(CCNC(=O)C(Cc2ccco2)c2ccc(F)cc2)no1. The van der Waals surface area contributed by atoms with E-state index in [1.54, 1.807) is 24.5 Å². The van der Waals surface area contributed by atoms with Crippen molar-refractivity contribution in [1.29, 1.82) is 0 Å². The van der Waals surface area contributed by atoms with E-state index in [4.69, 9.17) is 8.94 Å². The van der Waals surface area contributed by atoms with Gasteiger partial charge in [0.1, 0.15) is 17.3 Å². The van der Waals surface area contributed by atoms with Crippen LogP contribution in [0.2, 0.25) is 0 Å². The third-order valence-electron chi connectivity index (χ3n) is 3.93. The molecule has 0 aliphatic rings. The van der Waals surface area contributed by atoms with E-state index in [-0.39, 0.29) is 11.7 Å². The van der Waals surface area contributed by atoms with Crippen LogP contribution in [-0.4, -0.2) is 17.6 Å². The first-order chi connectivity index (χ1) is 12.1. The van der Waals surface area contributed by atoms with Gasteiger partial charge in [-0.3, -0.25) is 4.79 Å². The predicted octanol–water partition coefficient (Wildman–Crippen LogP) is 3.40. The highest BCUT2D eigenvalue weighted by Crippen LogP contribution is 2.22. The van der Waals surface area contributed by atoms with Crippen LogP contribution in [0.15, 0.2) is 57.7 Å². The highest BCUT2D eigenvalue weighted by Gasteiger charge is 2.22. The summed E-state index contributed by atoms with van der Waals surface area (Å²) >= 11 is 0. The van der Waals surface area contributed by atoms with Crippen molar-refractivity contribution in [2.45, 2.75) is 25.7 Å². The number of halogens is 1. The molecule has 0 saturated carbocycles. The molecular weight excluding hydrogens is 323 g/mol. The average Bonchev–Trinajstić information content (AvgIpc) is 3.25. The zero-order chi connectivity index (χ0) is 17.6. The van der Waals surface area contributed by atoms with Gasteiger partial charge in [-0.05, 0) is 36.8 Å². The zero-order valence-electron chi connectivity index (χ0n) is 13.9. The molecule has 0 radical (unpaired) electrons. The molecule has 130 valence electrons. The number of nitrogens with zero attached hydrogens (tertiary/aromatic N) is 1. The van der Waals surface area contributed by atoms with Gasteiger partial charge < -0.3 is 14.3 Å². The maximum absolute atomic E-state index is 13.2. The lowest BCUT2D eigenvalue weighted by Gasteiger charge is -2.16. The number of furan rings is 1. The van der Waals surface area contributed by atoms with E-state index < -0.39 is 5.92 Å². The normalized spacial score (nSPS) is 12.1. The molecule has 1 atom stereocenters. The maximum atomic E-state index is 13.2. The van der Waals surface area contributed by atoms with E-state index in [9.17, 15) is 9.18 Å². The maximum Gasteiger partial charge on any atom is 0.228 e. The fraction of sp³-hybridized carbons (Fsp3) is 0.263. The number of aryl methyl sites for hydroxylation is 1. The average molecular weight is 342 g/mol. The summed E-state index contributed by atoms with van der Waals surface area (Å²) in [6, 6.07) is 11.4. The van der Waals surface area contributed by atoms with Crippen molar-refractivity contribution in [3.8, 4) is 0 Å². The summed E-state index contributed by atoms with van der Waals surface area (Å²) in [5.74, 6) is 0.524. The molecule has 0 spiro atoms. The van der Waals surface area contributed by atoms with Gasteiger partial charge in [-0.1, -0.05) is 17.3 Å². The topological polar surface area (TPSA) is 68.3 Å². The molecule has 1 unspecified atom stereocenters. The summed E-state index contributed by atoms with van der Waals surface area (Å²) in [7, 11) is 0. The van der Waals surface area contributed by atoms with Crippen molar-refractivity contribution in [3.05, 3.63) is 77.3 Å². The first-order valence-electron chi connectivity index (χ1n) is 8.09. The highest BCUT2D eigenvalue weighted by atomic mass is 19.1. The van der Waals surface area contributed by atoms with Crippen LogP contribution in [0.4, 0.5) is 4.39 Å². The van der Waals surface area contributed by atoms with E-state index in [2.05, 4.69) is 10.5 Å². The van der Waals surface area contributed by atoms with Crippen molar-refractivity contribution in [3.63, 3.8) is 0 Å². The lowest BCUT2D eigenvalue weighted by Crippen LogP contribution is -2.32. The lowest BCUT2D eigenvalue weighted by atomic mass is 9.93. The Morgan fingerprint density at radius 1 is 1.28 bits per heavy atom. The van der Waals surface area contributed by atoms with E-state index in [1.807, 2.05) is 19.1 Å². The van der Waals surface area contributed by atoms with Crippen LogP contribution in [-0.2, 0) is 17.6 Å². The molecule has 3 rings (SSSR count). The number of rotatable bonds is 7. The van der Waals surface area contributed by atoms with Crippen LogP contribution >= 0.6 is 0 Å². The van der Waals surface area contributed by atoms with Crippen LogP contribution in [0.1, 0.15) is 28.7 Å². The molecule has 1 aromatic carbocycles. The van der Waals surface area contributed by atoms with E-state index >= 15 is 0 Å². The van der Waals surface area contributed by atoms with Gasteiger partial charge in [0.2, 0.25) is 5.91 Å². The number of hydrogen-bond acceptors (Lipinski definition) is 4. The molecule has 2 heterocycles. The van der Waals surface area contributed by atoms with E-state index in [0.29, 0.717) is 25.1 Å². The van der Waals surface area contributed by atoms with Crippen LogP contribution in [0.3, 0.4) is 0 Å². The van der Waals surface area contributed by atoms with Gasteiger partial charge in [0, 0.05) is 25.5 Å². The fourth-order valence-corrected chi connectivity index (χ4v) is 2.66. The number of carbonyl (C=O) groups is 1. The van der Waals surface area contributed by atoms with Crippen molar-refractivity contribution in [2.75, 3.05) is 6.54 Å². The highest BCUT2D eigenvalue weighted by molar-refractivity contribution is 5.83. The lowest BCUT2D eigenvalue weighted by molar-refractivity contribution is -0.122. The monoisotopic (exact) mass is 342 g/mol. The van der Waals surface area contributed by atoms with E-state index in [0.717, 1.165) is 17.0 Å². The van der Waals surface area contributed by atoms with Gasteiger partial charge in [-0.15, -0.1) is 0 Å². The molecule has 0 aliphatic heterocycles. The van der Waals surface area contributed by atoms with Crippen molar-refractivity contribution in [1.82, 2.24) is 10.5 Å². The standard InChI is InChI=1S/C19H19FN2O3/c1-13-11-16(22-25-13)8-9-21-19(23)18(12-17-3-2-10-24-17)14-4-6-15(20)7-5-14/h2-7,10-11,18H,8-9,12H2,1H3,(H,21,23). The van der Waals surface area contributed by atoms with Crippen LogP contribution in [0.25, 0.3) is 0 Å². The number of hydrogen-bond donors (Lipinski definition) is 1. The largest absolute Gasteiger partial charge is 0.469 e. The Balaban J connectivity index is 1.66. The van der Waals surface area contributed by atoms with Crippen molar-refractivity contribution < 1.29 is 18.1 Å². The second-order valence-corrected chi connectivity index (χ2v) is 5.86. The van der Waals surface area contributed by atoms with Gasteiger partial charge in [0.15, 0.2) is 0 Å². The summed E-state index contributed by atoms with van der Waals surface area (Å²) in [6.07, 6.45) is 2.56. The summed E-state index contributed by atoms with van der Waals surface area (Å²) in [4.78, 5) is 12.7. The molecule has 1 N–H and O–H groups in total. The third-order valence-corrected chi connectivity index (χ3v) is 3.93. The van der Waals surface area contributed by atoms with Gasteiger partial charge in [0.25, 0.3) is 0 Å². The minimum absolute atomic E-state index is 0.136. The molecule has 25 heavy (non-hydrogen) atoms. The Morgan fingerprint density at radius 3 is 2.72 bits per heavy atom. The fourth-order valence-electron chi connectivity index (χ4n) is 2.66. The Morgan fingerprint density at radius 2 is 2.08 bits per heavy atom. The minimum atomic E-state index is -0.453. The Kier molecular flexibility index (Phi) is 5.28. The number of nitrogens with one attached hydrogen (secondary N) is 1. The van der Waals surface area contributed by atoms with Crippen LogP contribution in [0.5, 0.6) is 0 Å². The minimum Gasteiger partial charge on any atom is -0.469 e. The third kappa shape index (κ3) is 4.56. The second-order valence-electron chi connectivity index (χ2n) is 5.86. The predicted molar refractivity (Wildman–Crippen MR) is 89.5 cm³/mol. The molecule has 3 aromatic rings. The van der Waals surface area contributed by atoms with Gasteiger partial charge in [0.05, 0.1) is 17.9 Å². The number of carbonyl (C=O) groups excluding carboxylic acids is 1. The molecular formula is C19H19FN2O3. The smallest absolute Gasteiger partial charge is 0.228 e. The molecule has 0 bridgehead atoms. The van der Waals surface area contributed by atoms with Crippen molar-refractivity contribution in [2.24, 2.45) is 0 Å². The first-order valence-corrected chi connectivity index (χ1v) is 8.09.